The first-order chi connectivity index (χ1) is 13.5. The van der Waals surface area contributed by atoms with Crippen LogP contribution in [0.1, 0.15) is 35.3 Å². The minimum atomic E-state index is -0.936. The van der Waals surface area contributed by atoms with Crippen molar-refractivity contribution in [1.82, 2.24) is 10.6 Å². The summed E-state index contributed by atoms with van der Waals surface area (Å²) in [5.74, 6) is -1.28. The fourth-order valence-electron chi connectivity index (χ4n) is 2.55. The third kappa shape index (κ3) is 6.39. The number of benzene rings is 2. The molecule has 0 saturated carbocycles. The number of hydrogen-bond donors (Lipinski definition) is 2. The number of ether oxygens (including phenoxy) is 1. The van der Waals surface area contributed by atoms with Crippen molar-refractivity contribution < 1.29 is 19.1 Å². The molecule has 2 rings (SSSR count). The first-order valence-electron chi connectivity index (χ1n) is 9.00. The number of carbonyl (C=O) groups is 3. The molecule has 2 amide bonds. The number of hydrogen-bond acceptors (Lipinski definition) is 4. The number of amides is 2. The zero-order chi connectivity index (χ0) is 20.4. The van der Waals surface area contributed by atoms with Crippen LogP contribution in [0.3, 0.4) is 0 Å². The minimum Gasteiger partial charge on any atom is -0.452 e. The molecule has 0 aliphatic rings. The molecule has 2 atom stereocenters. The summed E-state index contributed by atoms with van der Waals surface area (Å²) < 4.78 is 5.21. The lowest BCUT2D eigenvalue weighted by atomic mass is 10.0. The Morgan fingerprint density at radius 2 is 1.64 bits per heavy atom. The summed E-state index contributed by atoms with van der Waals surface area (Å²) in [7, 11) is 0. The predicted octanol–water partition coefficient (Wildman–Crippen LogP) is 2.78. The van der Waals surface area contributed by atoms with Crippen LogP contribution in [0.4, 0.5) is 0 Å². The lowest BCUT2D eigenvalue weighted by molar-refractivity contribution is -0.155. The average Bonchev–Trinajstić information content (AvgIpc) is 2.72. The Bertz CT molecular complexity index is 806. The zero-order valence-electron chi connectivity index (χ0n) is 15.8. The molecule has 0 heterocycles. The Hall–Kier alpha value is -3.41. The van der Waals surface area contributed by atoms with Gasteiger partial charge in [0.2, 0.25) is 0 Å². The molecule has 0 unspecified atom stereocenters. The van der Waals surface area contributed by atoms with E-state index < -0.39 is 24.0 Å². The molecular formula is C22H24N2O4. The lowest BCUT2D eigenvalue weighted by Crippen LogP contribution is -2.37. The average molecular weight is 380 g/mol. The van der Waals surface area contributed by atoms with Crippen molar-refractivity contribution in [2.75, 3.05) is 6.54 Å². The van der Waals surface area contributed by atoms with Gasteiger partial charge in [-0.1, -0.05) is 54.6 Å². The van der Waals surface area contributed by atoms with Crippen LogP contribution in [0.5, 0.6) is 0 Å². The molecule has 0 radical (unpaired) electrons. The minimum absolute atomic E-state index is 0.0956. The van der Waals surface area contributed by atoms with Gasteiger partial charge >= 0.3 is 5.97 Å². The van der Waals surface area contributed by atoms with Gasteiger partial charge in [-0.15, -0.1) is 6.58 Å². The Morgan fingerprint density at radius 1 is 1.04 bits per heavy atom. The van der Waals surface area contributed by atoms with Crippen molar-refractivity contribution in [3.05, 3.63) is 84.4 Å². The van der Waals surface area contributed by atoms with Gasteiger partial charge in [0.15, 0.2) is 6.10 Å². The highest BCUT2D eigenvalue weighted by Gasteiger charge is 2.23. The molecule has 0 spiro atoms. The van der Waals surface area contributed by atoms with Crippen LogP contribution in [-0.2, 0) is 14.3 Å². The van der Waals surface area contributed by atoms with Crippen LogP contribution in [0, 0.1) is 0 Å². The van der Waals surface area contributed by atoms with Gasteiger partial charge in [0, 0.05) is 12.1 Å². The molecule has 28 heavy (non-hydrogen) atoms. The van der Waals surface area contributed by atoms with E-state index >= 15 is 0 Å². The summed E-state index contributed by atoms with van der Waals surface area (Å²) in [6, 6.07) is 17.3. The van der Waals surface area contributed by atoms with Crippen molar-refractivity contribution in [1.29, 1.82) is 0 Å². The van der Waals surface area contributed by atoms with Crippen molar-refractivity contribution in [3.63, 3.8) is 0 Å². The number of nitrogens with one attached hydrogen (secondary N) is 2. The van der Waals surface area contributed by atoms with Crippen LogP contribution in [0.15, 0.2) is 73.3 Å². The quantitative estimate of drug-likeness (QED) is 0.518. The lowest BCUT2D eigenvalue weighted by Gasteiger charge is -2.20. The molecule has 6 heteroatoms. The Kier molecular flexibility index (Phi) is 7.96. The number of esters is 1. The SMILES string of the molecule is C=CCNC(=O)[C@H](C)OC(=O)C[C@@H](NC(=O)c1ccccc1)c1ccccc1. The van der Waals surface area contributed by atoms with Crippen molar-refractivity contribution in [2.24, 2.45) is 0 Å². The van der Waals surface area contributed by atoms with E-state index in [1.165, 1.54) is 13.0 Å². The molecule has 0 saturated heterocycles. The van der Waals surface area contributed by atoms with E-state index in [1.807, 2.05) is 36.4 Å². The second kappa shape index (κ2) is 10.7. The van der Waals surface area contributed by atoms with Gasteiger partial charge in [-0.3, -0.25) is 14.4 Å². The van der Waals surface area contributed by atoms with Crippen LogP contribution in [0.25, 0.3) is 0 Å². The molecule has 0 fully saturated rings. The molecule has 6 nitrogen and oxygen atoms in total. The second-order valence-electron chi connectivity index (χ2n) is 6.17. The maximum absolute atomic E-state index is 12.5. The van der Waals surface area contributed by atoms with Crippen LogP contribution in [0.2, 0.25) is 0 Å². The highest BCUT2D eigenvalue weighted by atomic mass is 16.5. The second-order valence-corrected chi connectivity index (χ2v) is 6.17. The van der Waals surface area contributed by atoms with Gasteiger partial charge in [-0.25, -0.2) is 0 Å². The molecule has 2 aromatic rings. The molecular weight excluding hydrogens is 356 g/mol. The van der Waals surface area contributed by atoms with Crippen LogP contribution in [-0.4, -0.2) is 30.4 Å². The van der Waals surface area contributed by atoms with E-state index in [-0.39, 0.29) is 12.3 Å². The normalized spacial score (nSPS) is 12.3. The fourth-order valence-corrected chi connectivity index (χ4v) is 2.55. The van der Waals surface area contributed by atoms with Crippen molar-refractivity contribution in [3.8, 4) is 0 Å². The smallest absolute Gasteiger partial charge is 0.309 e. The predicted molar refractivity (Wildman–Crippen MR) is 106 cm³/mol. The van der Waals surface area contributed by atoms with Gasteiger partial charge in [0.05, 0.1) is 12.5 Å². The van der Waals surface area contributed by atoms with E-state index in [4.69, 9.17) is 4.74 Å². The van der Waals surface area contributed by atoms with Crippen LogP contribution < -0.4 is 10.6 Å². The third-order valence-corrected chi connectivity index (χ3v) is 4.01. The number of rotatable bonds is 9. The molecule has 2 aromatic carbocycles. The van der Waals surface area contributed by atoms with Crippen molar-refractivity contribution >= 4 is 17.8 Å². The zero-order valence-corrected chi connectivity index (χ0v) is 15.8. The maximum atomic E-state index is 12.5. The molecule has 0 aromatic heterocycles. The number of carbonyl (C=O) groups excluding carboxylic acids is 3. The topological polar surface area (TPSA) is 84.5 Å². The van der Waals surface area contributed by atoms with E-state index in [9.17, 15) is 14.4 Å². The van der Waals surface area contributed by atoms with Gasteiger partial charge in [-0.05, 0) is 24.6 Å². The Labute approximate surface area is 164 Å². The first-order valence-corrected chi connectivity index (χ1v) is 9.00. The summed E-state index contributed by atoms with van der Waals surface area (Å²) in [6.45, 7) is 5.30. The van der Waals surface area contributed by atoms with Gasteiger partial charge < -0.3 is 15.4 Å². The fraction of sp³-hybridized carbons (Fsp3) is 0.227. The third-order valence-electron chi connectivity index (χ3n) is 4.01. The summed E-state index contributed by atoms with van der Waals surface area (Å²) in [6.07, 6.45) is 0.507. The summed E-state index contributed by atoms with van der Waals surface area (Å²) in [5, 5.41) is 5.44. The monoisotopic (exact) mass is 380 g/mol. The largest absolute Gasteiger partial charge is 0.452 e. The highest BCUT2D eigenvalue weighted by molar-refractivity contribution is 5.94. The van der Waals surface area contributed by atoms with Crippen molar-refractivity contribution in [2.45, 2.75) is 25.5 Å². The highest BCUT2D eigenvalue weighted by Crippen LogP contribution is 2.18. The standard InChI is InChI=1S/C22H24N2O4/c1-3-14-23-21(26)16(2)28-20(25)15-19(17-10-6-4-7-11-17)24-22(27)18-12-8-5-9-13-18/h3-13,16,19H,1,14-15H2,2H3,(H,23,26)(H,24,27)/t16-,19+/m0/s1. The van der Waals surface area contributed by atoms with E-state index in [1.54, 1.807) is 24.3 Å². The van der Waals surface area contributed by atoms with Gasteiger partial charge in [-0.2, -0.15) is 0 Å². The van der Waals surface area contributed by atoms with Gasteiger partial charge in [0.1, 0.15) is 0 Å². The van der Waals surface area contributed by atoms with Gasteiger partial charge in [0.25, 0.3) is 11.8 Å². The molecule has 0 bridgehead atoms. The maximum Gasteiger partial charge on any atom is 0.309 e. The summed E-state index contributed by atoms with van der Waals surface area (Å²) in [5.41, 5.74) is 1.27. The summed E-state index contributed by atoms with van der Waals surface area (Å²) in [4.78, 5) is 36.7. The molecule has 146 valence electrons. The first kappa shape index (κ1) is 20.9. The van der Waals surface area contributed by atoms with E-state index in [0.29, 0.717) is 12.1 Å². The van der Waals surface area contributed by atoms with E-state index in [0.717, 1.165) is 5.56 Å². The molecule has 0 aliphatic carbocycles. The Morgan fingerprint density at radius 3 is 2.25 bits per heavy atom. The molecule has 2 N–H and O–H groups in total. The Balaban J connectivity index is 2.05. The van der Waals surface area contributed by atoms with Crippen LogP contribution >= 0.6 is 0 Å². The van der Waals surface area contributed by atoms with E-state index in [2.05, 4.69) is 17.2 Å². The molecule has 0 aliphatic heterocycles. The summed E-state index contributed by atoms with van der Waals surface area (Å²) >= 11 is 0.